The SMILES string of the molecule is Cc1cc(C)c2nc(NC(=O)CN3C(=O)N[C@@](C)(C4CC4)C3=O)sc2c1. The lowest BCUT2D eigenvalue weighted by Crippen LogP contribution is -2.46. The number of hydrogen-bond donors (Lipinski definition) is 2. The van der Waals surface area contributed by atoms with Crippen LogP contribution in [-0.2, 0) is 9.59 Å². The van der Waals surface area contributed by atoms with Gasteiger partial charge in [-0.3, -0.25) is 14.5 Å². The van der Waals surface area contributed by atoms with E-state index in [0.717, 1.165) is 39.1 Å². The van der Waals surface area contributed by atoms with Crippen LogP contribution in [0.3, 0.4) is 0 Å². The fourth-order valence-corrected chi connectivity index (χ4v) is 4.58. The average Bonchev–Trinajstić information content (AvgIpc) is 3.30. The molecular weight excluding hydrogens is 352 g/mol. The molecule has 136 valence electrons. The number of carbonyl (C=O) groups excluding carboxylic acids is 3. The Bertz CT molecular complexity index is 949. The van der Waals surface area contributed by atoms with Crippen LogP contribution in [0.4, 0.5) is 9.93 Å². The monoisotopic (exact) mass is 372 g/mol. The zero-order valence-corrected chi connectivity index (χ0v) is 15.7. The normalized spacial score (nSPS) is 22.8. The van der Waals surface area contributed by atoms with Crippen molar-refractivity contribution >= 4 is 44.5 Å². The van der Waals surface area contributed by atoms with Crippen LogP contribution in [0.2, 0.25) is 0 Å². The van der Waals surface area contributed by atoms with E-state index in [0.29, 0.717) is 5.13 Å². The van der Waals surface area contributed by atoms with Gasteiger partial charge in [-0.15, -0.1) is 0 Å². The van der Waals surface area contributed by atoms with Gasteiger partial charge in [0.15, 0.2) is 5.13 Å². The third-order valence-corrected chi connectivity index (χ3v) is 5.99. The lowest BCUT2D eigenvalue weighted by atomic mass is 9.96. The second-order valence-corrected chi connectivity index (χ2v) is 8.32. The maximum absolute atomic E-state index is 12.6. The zero-order valence-electron chi connectivity index (χ0n) is 14.9. The van der Waals surface area contributed by atoms with Gasteiger partial charge in [0.2, 0.25) is 5.91 Å². The summed E-state index contributed by atoms with van der Waals surface area (Å²) in [6, 6.07) is 3.56. The topological polar surface area (TPSA) is 91.4 Å². The number of urea groups is 1. The predicted molar refractivity (Wildman–Crippen MR) is 99.1 cm³/mol. The Morgan fingerprint density at radius 1 is 1.38 bits per heavy atom. The Kier molecular flexibility index (Phi) is 3.76. The predicted octanol–water partition coefficient (Wildman–Crippen LogP) is 2.57. The number of nitrogens with one attached hydrogen (secondary N) is 2. The fourth-order valence-electron chi connectivity index (χ4n) is 3.52. The first-order valence-corrected chi connectivity index (χ1v) is 9.41. The van der Waals surface area contributed by atoms with Crippen molar-refractivity contribution < 1.29 is 14.4 Å². The highest BCUT2D eigenvalue weighted by Gasteiger charge is 2.56. The number of amides is 4. The third kappa shape index (κ3) is 2.74. The van der Waals surface area contributed by atoms with E-state index < -0.39 is 17.5 Å². The quantitative estimate of drug-likeness (QED) is 0.807. The molecular formula is C18H20N4O3S. The molecule has 2 fully saturated rings. The molecule has 1 aromatic carbocycles. The fraction of sp³-hybridized carbons (Fsp3) is 0.444. The number of fused-ring (bicyclic) bond motifs is 1. The first-order valence-electron chi connectivity index (χ1n) is 8.59. The summed E-state index contributed by atoms with van der Waals surface area (Å²) in [4.78, 5) is 42.5. The summed E-state index contributed by atoms with van der Waals surface area (Å²) < 4.78 is 0.995. The number of anilines is 1. The van der Waals surface area contributed by atoms with Gasteiger partial charge in [0.05, 0.1) is 10.2 Å². The number of thiazole rings is 1. The zero-order chi connectivity index (χ0) is 18.6. The Balaban J connectivity index is 1.48. The Labute approximate surface area is 154 Å². The van der Waals surface area contributed by atoms with Gasteiger partial charge in [-0.25, -0.2) is 9.78 Å². The van der Waals surface area contributed by atoms with E-state index in [9.17, 15) is 14.4 Å². The van der Waals surface area contributed by atoms with E-state index >= 15 is 0 Å². The highest BCUT2D eigenvalue weighted by atomic mass is 32.1. The molecule has 26 heavy (non-hydrogen) atoms. The van der Waals surface area contributed by atoms with Gasteiger partial charge in [-0.05, 0) is 56.7 Å². The van der Waals surface area contributed by atoms with E-state index in [2.05, 4.69) is 15.6 Å². The van der Waals surface area contributed by atoms with Crippen molar-refractivity contribution in [3.05, 3.63) is 23.3 Å². The minimum absolute atomic E-state index is 0.169. The van der Waals surface area contributed by atoms with E-state index in [1.165, 1.54) is 11.3 Å². The van der Waals surface area contributed by atoms with Crippen molar-refractivity contribution in [2.24, 2.45) is 5.92 Å². The van der Waals surface area contributed by atoms with Crippen LogP contribution < -0.4 is 10.6 Å². The van der Waals surface area contributed by atoms with Crippen molar-refractivity contribution in [1.29, 1.82) is 0 Å². The van der Waals surface area contributed by atoms with Gasteiger partial charge in [-0.2, -0.15) is 0 Å². The highest BCUT2D eigenvalue weighted by Crippen LogP contribution is 2.42. The highest BCUT2D eigenvalue weighted by molar-refractivity contribution is 7.22. The van der Waals surface area contributed by atoms with Crippen LogP contribution in [0.5, 0.6) is 0 Å². The van der Waals surface area contributed by atoms with Gasteiger partial charge in [0.1, 0.15) is 12.1 Å². The molecule has 2 aromatic rings. The molecule has 1 saturated carbocycles. The smallest absolute Gasteiger partial charge is 0.323 e. The summed E-state index contributed by atoms with van der Waals surface area (Å²) in [5.41, 5.74) is 2.16. The van der Waals surface area contributed by atoms with E-state index in [1.807, 2.05) is 26.0 Å². The number of aromatic nitrogens is 1. The number of hydrogen-bond acceptors (Lipinski definition) is 5. The van der Waals surface area contributed by atoms with Gasteiger partial charge < -0.3 is 10.6 Å². The number of aryl methyl sites for hydroxylation is 2. The van der Waals surface area contributed by atoms with Crippen molar-refractivity contribution in [2.75, 3.05) is 11.9 Å². The largest absolute Gasteiger partial charge is 0.325 e. The summed E-state index contributed by atoms with van der Waals surface area (Å²) in [7, 11) is 0. The molecule has 0 bridgehead atoms. The van der Waals surface area contributed by atoms with Gasteiger partial charge in [0, 0.05) is 0 Å². The maximum atomic E-state index is 12.6. The molecule has 1 atom stereocenters. The first kappa shape index (κ1) is 17.0. The minimum Gasteiger partial charge on any atom is -0.323 e. The summed E-state index contributed by atoms with van der Waals surface area (Å²) in [5.74, 6) is -0.583. The summed E-state index contributed by atoms with van der Waals surface area (Å²) in [6.07, 6.45) is 1.85. The molecule has 2 N–H and O–H groups in total. The number of benzene rings is 1. The maximum Gasteiger partial charge on any atom is 0.325 e. The third-order valence-electron chi connectivity index (χ3n) is 5.07. The van der Waals surface area contributed by atoms with Crippen molar-refractivity contribution in [2.45, 2.75) is 39.2 Å². The summed E-state index contributed by atoms with van der Waals surface area (Å²) in [5, 5.41) is 5.92. The molecule has 2 heterocycles. The molecule has 0 unspecified atom stereocenters. The van der Waals surface area contributed by atoms with Crippen molar-refractivity contribution in [3.63, 3.8) is 0 Å². The molecule has 2 aliphatic rings. The first-order chi connectivity index (χ1) is 12.3. The van der Waals surface area contributed by atoms with Crippen LogP contribution in [0.1, 0.15) is 30.9 Å². The Hall–Kier alpha value is -2.48. The molecule has 1 aliphatic heterocycles. The number of nitrogens with zero attached hydrogens (tertiary/aromatic N) is 2. The second kappa shape index (κ2) is 5.77. The van der Waals surface area contributed by atoms with E-state index in [-0.39, 0.29) is 18.4 Å². The second-order valence-electron chi connectivity index (χ2n) is 7.29. The number of imide groups is 1. The van der Waals surface area contributed by atoms with Crippen molar-refractivity contribution in [3.8, 4) is 0 Å². The van der Waals surface area contributed by atoms with Gasteiger partial charge in [-0.1, -0.05) is 17.4 Å². The molecule has 8 heteroatoms. The lowest BCUT2D eigenvalue weighted by Gasteiger charge is -2.20. The molecule has 7 nitrogen and oxygen atoms in total. The Morgan fingerprint density at radius 2 is 2.12 bits per heavy atom. The Morgan fingerprint density at radius 3 is 2.81 bits per heavy atom. The summed E-state index contributed by atoms with van der Waals surface area (Å²) in [6.45, 7) is 5.42. The molecule has 1 saturated heterocycles. The van der Waals surface area contributed by atoms with Crippen LogP contribution in [0.25, 0.3) is 10.2 Å². The standard InChI is InChI=1S/C18H20N4O3S/c1-9-6-10(2)14-12(7-9)26-16(20-14)19-13(23)8-22-15(24)18(3,11-4-5-11)21-17(22)25/h6-7,11H,4-5,8H2,1-3H3,(H,21,25)(H,19,20,23)/t18-/m0/s1. The van der Waals surface area contributed by atoms with Crippen LogP contribution >= 0.6 is 11.3 Å². The summed E-state index contributed by atoms with van der Waals surface area (Å²) >= 11 is 1.38. The van der Waals surface area contributed by atoms with Crippen LogP contribution in [-0.4, -0.2) is 39.8 Å². The average molecular weight is 372 g/mol. The number of carbonyl (C=O) groups is 3. The van der Waals surface area contributed by atoms with E-state index in [4.69, 9.17) is 0 Å². The molecule has 1 aromatic heterocycles. The van der Waals surface area contributed by atoms with Gasteiger partial charge in [0.25, 0.3) is 5.91 Å². The molecule has 0 radical (unpaired) electrons. The molecule has 0 spiro atoms. The minimum atomic E-state index is -0.873. The van der Waals surface area contributed by atoms with Crippen LogP contribution in [0.15, 0.2) is 12.1 Å². The van der Waals surface area contributed by atoms with Crippen molar-refractivity contribution in [1.82, 2.24) is 15.2 Å². The lowest BCUT2D eigenvalue weighted by molar-refractivity contribution is -0.134. The van der Waals surface area contributed by atoms with E-state index in [1.54, 1.807) is 6.92 Å². The molecule has 4 rings (SSSR count). The van der Waals surface area contributed by atoms with Gasteiger partial charge >= 0.3 is 6.03 Å². The molecule has 4 amide bonds. The number of rotatable bonds is 4. The molecule has 1 aliphatic carbocycles. The van der Waals surface area contributed by atoms with Crippen LogP contribution in [0, 0.1) is 19.8 Å².